The molecule has 5 heteroatoms. The number of anilines is 1. The fourth-order valence-electron chi connectivity index (χ4n) is 1.53. The van der Waals surface area contributed by atoms with Crippen LogP contribution in [0.2, 0.25) is 0 Å². The van der Waals surface area contributed by atoms with Crippen LogP contribution in [0.1, 0.15) is 45.6 Å². The van der Waals surface area contributed by atoms with Crippen molar-refractivity contribution in [3.8, 4) is 0 Å². The van der Waals surface area contributed by atoms with Gasteiger partial charge in [0.1, 0.15) is 12.4 Å². The van der Waals surface area contributed by atoms with E-state index in [1.807, 2.05) is 7.05 Å². The number of rotatable bonds is 5. The summed E-state index contributed by atoms with van der Waals surface area (Å²) in [5, 5.41) is 3.09. The van der Waals surface area contributed by atoms with Crippen molar-refractivity contribution in [3.63, 3.8) is 0 Å². The molecule has 1 N–H and O–H groups in total. The summed E-state index contributed by atoms with van der Waals surface area (Å²) in [5.74, 6) is 1.53. The number of aromatic nitrogens is 2. The highest BCUT2D eigenvalue weighted by Crippen LogP contribution is 2.32. The molecule has 0 saturated heterocycles. The quantitative estimate of drug-likeness (QED) is 0.845. The molecule has 4 nitrogen and oxygen atoms in total. The molecule has 1 aromatic heterocycles. The second-order valence-corrected chi connectivity index (χ2v) is 6.00. The molecule has 18 heavy (non-hydrogen) atoms. The Kier molecular flexibility index (Phi) is 5.53. The van der Waals surface area contributed by atoms with Gasteiger partial charge in [-0.2, -0.15) is 0 Å². The van der Waals surface area contributed by atoms with Crippen LogP contribution in [-0.2, 0) is 16.8 Å². The van der Waals surface area contributed by atoms with E-state index in [1.165, 1.54) is 0 Å². The van der Waals surface area contributed by atoms with Gasteiger partial charge in [-0.25, -0.2) is 9.97 Å². The molecule has 1 rings (SSSR count). The smallest absolute Gasteiger partial charge is 0.156 e. The fourth-order valence-corrected chi connectivity index (χ4v) is 2.50. The van der Waals surface area contributed by atoms with E-state index in [-0.39, 0.29) is 5.41 Å². The average Bonchev–Trinajstić information content (AvgIpc) is 2.29. The Balaban J connectivity index is 3.06. The monoisotopic (exact) mass is 315 g/mol. The lowest BCUT2D eigenvalue weighted by Gasteiger charge is -2.21. The van der Waals surface area contributed by atoms with Gasteiger partial charge in [0.2, 0.25) is 0 Å². The van der Waals surface area contributed by atoms with Gasteiger partial charge in [0.15, 0.2) is 5.82 Å². The summed E-state index contributed by atoms with van der Waals surface area (Å²) < 4.78 is 6.44. The molecule has 1 aromatic rings. The lowest BCUT2D eigenvalue weighted by atomic mass is 9.92. The number of nitrogens with one attached hydrogen (secondary N) is 1. The van der Waals surface area contributed by atoms with E-state index in [4.69, 9.17) is 4.74 Å². The molecule has 1 heterocycles. The Hall–Kier alpha value is -0.680. The average molecular weight is 316 g/mol. The van der Waals surface area contributed by atoms with Gasteiger partial charge in [-0.05, 0) is 22.4 Å². The van der Waals surface area contributed by atoms with Gasteiger partial charge in [-0.3, -0.25) is 0 Å². The van der Waals surface area contributed by atoms with E-state index in [2.05, 4.69) is 58.9 Å². The predicted molar refractivity (Wildman–Crippen MR) is 77.9 cm³/mol. The minimum absolute atomic E-state index is 0.0348. The van der Waals surface area contributed by atoms with Gasteiger partial charge in [-0.15, -0.1) is 0 Å². The molecule has 0 fully saturated rings. The van der Waals surface area contributed by atoms with Crippen molar-refractivity contribution in [1.82, 2.24) is 9.97 Å². The van der Waals surface area contributed by atoms with Crippen molar-refractivity contribution in [2.45, 2.75) is 46.1 Å². The van der Waals surface area contributed by atoms with Crippen molar-refractivity contribution < 1.29 is 4.74 Å². The summed E-state index contributed by atoms with van der Waals surface area (Å²) >= 11 is 3.56. The number of hydrogen-bond donors (Lipinski definition) is 1. The first-order valence-electron chi connectivity index (χ1n) is 6.22. The molecular weight excluding hydrogens is 294 g/mol. The Labute approximate surface area is 118 Å². The normalized spacial score (nSPS) is 11.7. The molecule has 0 atom stereocenters. The van der Waals surface area contributed by atoms with E-state index in [9.17, 15) is 0 Å². The van der Waals surface area contributed by atoms with Crippen LogP contribution >= 0.6 is 15.9 Å². The van der Waals surface area contributed by atoms with Crippen LogP contribution in [-0.4, -0.2) is 23.6 Å². The zero-order valence-corrected chi connectivity index (χ0v) is 13.4. The molecular formula is C13H22BrN3O. The Bertz CT molecular complexity index is 402. The second-order valence-electron chi connectivity index (χ2n) is 5.20. The van der Waals surface area contributed by atoms with Crippen molar-refractivity contribution in [3.05, 3.63) is 16.0 Å². The molecule has 0 saturated carbocycles. The van der Waals surface area contributed by atoms with E-state index in [1.54, 1.807) is 0 Å². The van der Waals surface area contributed by atoms with Crippen molar-refractivity contribution in [2.75, 3.05) is 19.0 Å². The third kappa shape index (κ3) is 3.92. The topological polar surface area (TPSA) is 47.0 Å². The largest absolute Gasteiger partial charge is 0.373 e. The van der Waals surface area contributed by atoms with Gasteiger partial charge in [0.05, 0.1) is 10.2 Å². The molecule has 0 radical (unpaired) electrons. The highest BCUT2D eigenvalue weighted by molar-refractivity contribution is 9.10. The Morgan fingerprint density at radius 2 is 1.94 bits per heavy atom. The summed E-state index contributed by atoms with van der Waals surface area (Å²) in [6.45, 7) is 9.68. The lowest BCUT2D eigenvalue weighted by molar-refractivity contribution is 0.116. The van der Waals surface area contributed by atoms with E-state index in [0.29, 0.717) is 6.61 Å². The molecule has 0 aliphatic rings. The number of nitrogens with zero attached hydrogens (tertiary/aromatic N) is 2. The molecule has 0 spiro atoms. The molecule has 0 aliphatic carbocycles. The van der Waals surface area contributed by atoms with E-state index >= 15 is 0 Å². The number of hydrogen-bond acceptors (Lipinski definition) is 4. The van der Waals surface area contributed by atoms with Gasteiger partial charge in [-0.1, -0.05) is 27.7 Å². The van der Waals surface area contributed by atoms with Gasteiger partial charge >= 0.3 is 0 Å². The maximum Gasteiger partial charge on any atom is 0.156 e. The lowest BCUT2D eigenvalue weighted by Crippen LogP contribution is -2.18. The van der Waals surface area contributed by atoms with Crippen LogP contribution in [0.4, 0.5) is 5.82 Å². The summed E-state index contributed by atoms with van der Waals surface area (Å²) in [4.78, 5) is 9.04. The van der Waals surface area contributed by atoms with Crippen molar-refractivity contribution in [1.29, 1.82) is 0 Å². The third-order valence-corrected chi connectivity index (χ3v) is 3.18. The van der Waals surface area contributed by atoms with Crippen LogP contribution in [0.3, 0.4) is 0 Å². The van der Waals surface area contributed by atoms with E-state index in [0.717, 1.165) is 34.8 Å². The molecule has 102 valence electrons. The Morgan fingerprint density at radius 1 is 1.28 bits per heavy atom. The zero-order valence-electron chi connectivity index (χ0n) is 11.8. The van der Waals surface area contributed by atoms with Crippen molar-refractivity contribution in [2.24, 2.45) is 0 Å². The Morgan fingerprint density at radius 3 is 2.44 bits per heavy atom. The third-order valence-electron chi connectivity index (χ3n) is 2.42. The number of halogens is 1. The maximum absolute atomic E-state index is 5.51. The fraction of sp³-hybridized carbons (Fsp3) is 0.692. The van der Waals surface area contributed by atoms with Gasteiger partial charge in [0, 0.05) is 19.1 Å². The van der Waals surface area contributed by atoms with Gasteiger partial charge in [0.25, 0.3) is 0 Å². The summed E-state index contributed by atoms with van der Waals surface area (Å²) in [6.07, 6.45) is 1.00. The highest BCUT2D eigenvalue weighted by Gasteiger charge is 2.22. The molecule has 0 unspecified atom stereocenters. The SMILES string of the molecule is CCCOCc1nc(NC)c(Br)c(C(C)(C)C)n1. The molecule has 0 bridgehead atoms. The van der Waals surface area contributed by atoms with Crippen LogP contribution in [0.15, 0.2) is 4.47 Å². The van der Waals surface area contributed by atoms with Gasteiger partial charge < -0.3 is 10.1 Å². The second kappa shape index (κ2) is 6.48. The van der Waals surface area contributed by atoms with Crippen LogP contribution in [0.25, 0.3) is 0 Å². The summed E-state index contributed by atoms with van der Waals surface area (Å²) in [5.41, 5.74) is 0.962. The molecule has 0 amide bonds. The summed E-state index contributed by atoms with van der Waals surface area (Å²) in [7, 11) is 1.86. The minimum Gasteiger partial charge on any atom is -0.373 e. The highest BCUT2D eigenvalue weighted by atomic mass is 79.9. The number of ether oxygens (including phenoxy) is 1. The van der Waals surface area contributed by atoms with Crippen LogP contribution in [0.5, 0.6) is 0 Å². The first-order valence-corrected chi connectivity index (χ1v) is 7.01. The maximum atomic E-state index is 5.51. The predicted octanol–water partition coefficient (Wildman–Crippen LogP) is 3.50. The van der Waals surface area contributed by atoms with E-state index < -0.39 is 0 Å². The first kappa shape index (κ1) is 15.4. The zero-order chi connectivity index (χ0) is 13.8. The van der Waals surface area contributed by atoms with Crippen LogP contribution in [0, 0.1) is 0 Å². The standard InChI is InChI=1S/C13H22BrN3O/c1-6-7-18-8-9-16-11(13(2,3)4)10(14)12(15-5)17-9/h6-8H2,1-5H3,(H,15,16,17). The van der Waals surface area contributed by atoms with Crippen molar-refractivity contribution >= 4 is 21.7 Å². The first-order chi connectivity index (χ1) is 8.40. The molecule has 0 aliphatic heterocycles. The minimum atomic E-state index is -0.0348. The molecule has 0 aromatic carbocycles. The summed E-state index contributed by atoms with van der Waals surface area (Å²) in [6, 6.07) is 0. The van der Waals surface area contributed by atoms with Crippen LogP contribution < -0.4 is 5.32 Å².